The number of nitrogens with one attached hydrogen (secondary N) is 1. The summed E-state index contributed by atoms with van der Waals surface area (Å²) in [7, 11) is 0. The van der Waals surface area contributed by atoms with Crippen molar-refractivity contribution >= 4 is 28.7 Å². The lowest BCUT2D eigenvalue weighted by atomic mass is 10.0. The average Bonchev–Trinajstić information content (AvgIpc) is 2.69. The molecule has 0 saturated heterocycles. The van der Waals surface area contributed by atoms with E-state index in [1.165, 1.54) is 0 Å². The minimum Gasteiger partial charge on any atom is -0.493 e. The molecule has 3 rings (SSSR count). The molecule has 0 aromatic heterocycles. The topological polar surface area (TPSA) is 81.4 Å². The second-order valence-electron chi connectivity index (χ2n) is 5.87. The van der Waals surface area contributed by atoms with Crippen LogP contribution in [0.1, 0.15) is 22.8 Å². The number of carbonyl (C=O) groups excluding carboxylic acids is 2. The Morgan fingerprint density at radius 2 is 1.63 bits per heavy atom. The van der Waals surface area contributed by atoms with E-state index in [0.717, 1.165) is 22.1 Å². The van der Waals surface area contributed by atoms with Crippen molar-refractivity contribution < 1.29 is 14.3 Å². The lowest BCUT2D eigenvalue weighted by Gasteiger charge is -2.11. The molecule has 0 heterocycles. The van der Waals surface area contributed by atoms with E-state index in [0.29, 0.717) is 12.2 Å². The van der Waals surface area contributed by atoms with Crippen molar-refractivity contribution in [3.63, 3.8) is 0 Å². The van der Waals surface area contributed by atoms with E-state index in [9.17, 15) is 9.59 Å². The van der Waals surface area contributed by atoms with Crippen molar-refractivity contribution in [2.45, 2.75) is 6.92 Å². The SMILES string of the molecule is CCOc1ccc(C=C(NC(=O)c2ccccc2)C(N)=O)c2ccccc12. The van der Waals surface area contributed by atoms with Gasteiger partial charge in [-0.3, -0.25) is 9.59 Å². The van der Waals surface area contributed by atoms with Gasteiger partial charge < -0.3 is 15.8 Å². The minimum atomic E-state index is -0.711. The van der Waals surface area contributed by atoms with E-state index >= 15 is 0 Å². The van der Waals surface area contributed by atoms with Gasteiger partial charge in [0.05, 0.1) is 6.61 Å². The number of fused-ring (bicyclic) bond motifs is 1. The fraction of sp³-hybridized carbons (Fsp3) is 0.0909. The van der Waals surface area contributed by atoms with Crippen LogP contribution in [0.5, 0.6) is 5.75 Å². The van der Waals surface area contributed by atoms with Crippen LogP contribution >= 0.6 is 0 Å². The lowest BCUT2D eigenvalue weighted by molar-refractivity contribution is -0.114. The molecule has 136 valence electrons. The van der Waals surface area contributed by atoms with Crippen molar-refractivity contribution in [2.24, 2.45) is 5.73 Å². The number of carbonyl (C=O) groups is 2. The fourth-order valence-corrected chi connectivity index (χ4v) is 2.81. The van der Waals surface area contributed by atoms with Gasteiger partial charge in [0, 0.05) is 10.9 Å². The van der Waals surface area contributed by atoms with Gasteiger partial charge in [-0.15, -0.1) is 0 Å². The van der Waals surface area contributed by atoms with Crippen LogP contribution in [0.3, 0.4) is 0 Å². The van der Waals surface area contributed by atoms with Gasteiger partial charge in [0.1, 0.15) is 11.4 Å². The lowest BCUT2D eigenvalue weighted by Crippen LogP contribution is -2.31. The van der Waals surface area contributed by atoms with Gasteiger partial charge in [0.15, 0.2) is 0 Å². The molecule has 3 N–H and O–H groups in total. The molecule has 27 heavy (non-hydrogen) atoms. The van der Waals surface area contributed by atoms with Crippen LogP contribution in [0, 0.1) is 0 Å². The average molecular weight is 360 g/mol. The largest absolute Gasteiger partial charge is 0.493 e. The Morgan fingerprint density at radius 1 is 0.963 bits per heavy atom. The first-order chi connectivity index (χ1) is 13.1. The van der Waals surface area contributed by atoms with E-state index < -0.39 is 11.8 Å². The van der Waals surface area contributed by atoms with Gasteiger partial charge in [-0.25, -0.2) is 0 Å². The Morgan fingerprint density at radius 3 is 2.30 bits per heavy atom. The number of primary amides is 1. The van der Waals surface area contributed by atoms with Crippen LogP contribution in [-0.2, 0) is 4.79 Å². The first-order valence-corrected chi connectivity index (χ1v) is 8.62. The third-order valence-electron chi connectivity index (χ3n) is 4.07. The second kappa shape index (κ2) is 8.19. The molecule has 0 aliphatic carbocycles. The molecule has 0 aliphatic rings. The second-order valence-corrected chi connectivity index (χ2v) is 5.87. The van der Waals surface area contributed by atoms with Crippen molar-refractivity contribution in [3.8, 4) is 5.75 Å². The number of amides is 2. The molecule has 0 radical (unpaired) electrons. The quantitative estimate of drug-likeness (QED) is 0.660. The Hall–Kier alpha value is -3.60. The molecule has 0 aliphatic heterocycles. The Labute approximate surface area is 157 Å². The van der Waals surface area contributed by atoms with Crippen molar-refractivity contribution in [2.75, 3.05) is 6.61 Å². The molecule has 0 atom stereocenters. The van der Waals surface area contributed by atoms with Gasteiger partial charge in [0.25, 0.3) is 11.8 Å². The van der Waals surface area contributed by atoms with Crippen LogP contribution in [-0.4, -0.2) is 18.4 Å². The molecule has 3 aromatic rings. The number of nitrogens with two attached hydrogens (primary N) is 1. The summed E-state index contributed by atoms with van der Waals surface area (Å²) in [5, 5.41) is 4.42. The van der Waals surface area contributed by atoms with Crippen molar-refractivity contribution in [1.29, 1.82) is 0 Å². The zero-order chi connectivity index (χ0) is 19.2. The molecule has 0 bridgehead atoms. The van der Waals surface area contributed by atoms with Crippen molar-refractivity contribution in [3.05, 3.63) is 83.6 Å². The highest BCUT2D eigenvalue weighted by molar-refractivity contribution is 6.06. The smallest absolute Gasteiger partial charge is 0.265 e. The first kappa shape index (κ1) is 18.2. The van der Waals surface area contributed by atoms with Gasteiger partial charge >= 0.3 is 0 Å². The van der Waals surface area contributed by atoms with E-state index in [1.807, 2.05) is 49.4 Å². The Bertz CT molecular complexity index is 1010. The van der Waals surface area contributed by atoms with E-state index in [-0.39, 0.29) is 5.70 Å². The molecule has 5 nitrogen and oxygen atoms in total. The summed E-state index contributed by atoms with van der Waals surface area (Å²) < 4.78 is 5.67. The molecule has 0 fully saturated rings. The number of benzene rings is 3. The zero-order valence-corrected chi connectivity index (χ0v) is 14.9. The molecule has 0 spiro atoms. The maximum absolute atomic E-state index is 12.4. The normalized spacial score (nSPS) is 11.2. The fourth-order valence-electron chi connectivity index (χ4n) is 2.81. The highest BCUT2D eigenvalue weighted by atomic mass is 16.5. The highest BCUT2D eigenvalue weighted by Crippen LogP contribution is 2.29. The third kappa shape index (κ3) is 4.15. The minimum absolute atomic E-state index is 0.0261. The summed E-state index contributed by atoms with van der Waals surface area (Å²) in [5.41, 5.74) is 6.72. The predicted octanol–water partition coefficient (Wildman–Crippen LogP) is 3.49. The standard InChI is InChI=1S/C22H20N2O3/c1-2-27-20-13-12-16(17-10-6-7-11-18(17)20)14-19(21(23)25)24-22(26)15-8-4-3-5-9-15/h3-14H,2H2,1H3,(H2,23,25)(H,24,26). The molecular weight excluding hydrogens is 340 g/mol. The Balaban J connectivity index is 2.00. The summed E-state index contributed by atoms with van der Waals surface area (Å²) in [4.78, 5) is 24.3. The van der Waals surface area contributed by atoms with Crippen LogP contribution in [0.15, 0.2) is 72.4 Å². The highest BCUT2D eigenvalue weighted by Gasteiger charge is 2.13. The molecular formula is C22H20N2O3. The Kier molecular flexibility index (Phi) is 5.52. The van der Waals surface area contributed by atoms with Gasteiger partial charge in [-0.05, 0) is 42.1 Å². The van der Waals surface area contributed by atoms with Gasteiger partial charge in [0.2, 0.25) is 0 Å². The molecule has 0 saturated carbocycles. The van der Waals surface area contributed by atoms with Gasteiger partial charge in [-0.1, -0.05) is 48.5 Å². The summed E-state index contributed by atoms with van der Waals surface area (Å²) in [6, 6.07) is 20.0. The van der Waals surface area contributed by atoms with Crippen LogP contribution in [0.2, 0.25) is 0 Å². The predicted molar refractivity (Wildman–Crippen MR) is 106 cm³/mol. The number of hydrogen-bond donors (Lipinski definition) is 2. The van der Waals surface area contributed by atoms with Crippen LogP contribution in [0.25, 0.3) is 16.8 Å². The maximum Gasteiger partial charge on any atom is 0.265 e. The summed E-state index contributed by atoms with van der Waals surface area (Å²) in [5.74, 6) is -0.340. The summed E-state index contributed by atoms with van der Waals surface area (Å²) in [6.45, 7) is 2.48. The first-order valence-electron chi connectivity index (χ1n) is 8.62. The van der Waals surface area contributed by atoms with E-state index in [4.69, 9.17) is 10.5 Å². The number of rotatable bonds is 6. The summed E-state index contributed by atoms with van der Waals surface area (Å²) >= 11 is 0. The van der Waals surface area contributed by atoms with E-state index in [2.05, 4.69) is 5.32 Å². The number of hydrogen-bond acceptors (Lipinski definition) is 3. The van der Waals surface area contributed by atoms with Crippen LogP contribution < -0.4 is 15.8 Å². The summed E-state index contributed by atoms with van der Waals surface area (Å²) in [6.07, 6.45) is 1.58. The number of ether oxygens (including phenoxy) is 1. The molecule has 0 unspecified atom stereocenters. The van der Waals surface area contributed by atoms with Gasteiger partial charge in [-0.2, -0.15) is 0 Å². The van der Waals surface area contributed by atoms with E-state index in [1.54, 1.807) is 30.3 Å². The monoisotopic (exact) mass is 360 g/mol. The molecule has 2 amide bonds. The zero-order valence-electron chi connectivity index (χ0n) is 14.9. The molecule has 5 heteroatoms. The molecule has 3 aromatic carbocycles. The van der Waals surface area contributed by atoms with Crippen molar-refractivity contribution in [1.82, 2.24) is 5.32 Å². The maximum atomic E-state index is 12.4. The third-order valence-corrected chi connectivity index (χ3v) is 4.07. The van der Waals surface area contributed by atoms with Crippen LogP contribution in [0.4, 0.5) is 0 Å².